The SMILES string of the molecule is CCOC(=O)C#CC1(O)CC(OC)=C(OC)CC1=O. The molecule has 0 aromatic rings. The largest absolute Gasteiger partial charge is 0.497 e. The van der Waals surface area contributed by atoms with Gasteiger partial charge in [0.15, 0.2) is 11.4 Å². The average Bonchev–Trinajstić information content (AvgIpc) is 2.39. The van der Waals surface area contributed by atoms with Crippen LogP contribution in [0.5, 0.6) is 0 Å². The molecule has 1 rings (SSSR count). The van der Waals surface area contributed by atoms with E-state index in [2.05, 4.69) is 16.6 Å². The summed E-state index contributed by atoms with van der Waals surface area (Å²) in [6, 6.07) is 0. The molecule has 1 atom stereocenters. The van der Waals surface area contributed by atoms with Gasteiger partial charge in [0.05, 0.1) is 33.7 Å². The van der Waals surface area contributed by atoms with Gasteiger partial charge in [-0.2, -0.15) is 0 Å². The second kappa shape index (κ2) is 6.25. The van der Waals surface area contributed by atoms with Gasteiger partial charge in [-0.15, -0.1) is 0 Å². The first-order valence-corrected chi connectivity index (χ1v) is 5.72. The molecule has 0 aromatic carbocycles. The van der Waals surface area contributed by atoms with Crippen LogP contribution in [0.25, 0.3) is 0 Å². The maximum atomic E-state index is 11.8. The van der Waals surface area contributed by atoms with Crippen molar-refractivity contribution < 1.29 is 28.9 Å². The number of allylic oxidation sites excluding steroid dienone is 1. The molecule has 1 aliphatic rings. The zero-order chi connectivity index (χ0) is 14.5. The Hall–Kier alpha value is -2.00. The van der Waals surface area contributed by atoms with E-state index in [1.165, 1.54) is 14.2 Å². The van der Waals surface area contributed by atoms with Crippen molar-refractivity contribution in [2.45, 2.75) is 25.4 Å². The van der Waals surface area contributed by atoms with Crippen molar-refractivity contribution in [1.29, 1.82) is 0 Å². The van der Waals surface area contributed by atoms with Crippen LogP contribution in [0, 0.1) is 11.8 Å². The van der Waals surface area contributed by atoms with Crippen molar-refractivity contribution in [3.8, 4) is 11.8 Å². The zero-order valence-corrected chi connectivity index (χ0v) is 11.1. The Morgan fingerprint density at radius 2 is 2.00 bits per heavy atom. The molecule has 1 unspecified atom stereocenters. The summed E-state index contributed by atoms with van der Waals surface area (Å²) in [5.41, 5.74) is -1.94. The normalized spacial score (nSPS) is 22.4. The van der Waals surface area contributed by atoms with Gasteiger partial charge in [-0.1, -0.05) is 0 Å². The zero-order valence-electron chi connectivity index (χ0n) is 11.1. The third-order valence-electron chi connectivity index (χ3n) is 2.65. The maximum Gasteiger partial charge on any atom is 0.384 e. The minimum absolute atomic E-state index is 0.131. The van der Waals surface area contributed by atoms with Crippen molar-refractivity contribution >= 4 is 11.8 Å². The Kier molecular flexibility index (Phi) is 4.95. The molecule has 0 radical (unpaired) electrons. The van der Waals surface area contributed by atoms with E-state index in [-0.39, 0.29) is 19.4 Å². The van der Waals surface area contributed by atoms with Gasteiger partial charge >= 0.3 is 5.97 Å². The number of methoxy groups -OCH3 is 2. The highest BCUT2D eigenvalue weighted by molar-refractivity contribution is 5.96. The van der Waals surface area contributed by atoms with Gasteiger partial charge in [0.1, 0.15) is 11.5 Å². The average molecular weight is 268 g/mol. The first-order valence-electron chi connectivity index (χ1n) is 5.72. The van der Waals surface area contributed by atoms with Crippen LogP contribution in [-0.2, 0) is 23.8 Å². The number of aliphatic hydroxyl groups is 1. The molecule has 6 nitrogen and oxygen atoms in total. The monoisotopic (exact) mass is 268 g/mol. The van der Waals surface area contributed by atoms with Crippen molar-refractivity contribution in [3.05, 3.63) is 11.5 Å². The number of rotatable bonds is 3. The van der Waals surface area contributed by atoms with Crippen molar-refractivity contribution in [2.75, 3.05) is 20.8 Å². The predicted molar refractivity (Wildman–Crippen MR) is 64.6 cm³/mol. The number of hydrogen-bond donors (Lipinski definition) is 1. The summed E-state index contributed by atoms with van der Waals surface area (Å²) in [6.07, 6.45) is -0.286. The van der Waals surface area contributed by atoms with E-state index in [4.69, 9.17) is 9.47 Å². The summed E-state index contributed by atoms with van der Waals surface area (Å²) >= 11 is 0. The number of esters is 1. The number of hydrogen-bond acceptors (Lipinski definition) is 6. The van der Waals surface area contributed by atoms with Gasteiger partial charge in [0.25, 0.3) is 0 Å². The van der Waals surface area contributed by atoms with Gasteiger partial charge in [0.2, 0.25) is 0 Å². The highest BCUT2D eigenvalue weighted by atomic mass is 16.5. The van der Waals surface area contributed by atoms with E-state index in [0.717, 1.165) is 0 Å². The van der Waals surface area contributed by atoms with Crippen LogP contribution in [0.1, 0.15) is 19.8 Å². The Morgan fingerprint density at radius 3 is 2.53 bits per heavy atom. The molecule has 0 saturated heterocycles. The summed E-state index contributed by atoms with van der Waals surface area (Å²) in [7, 11) is 2.82. The van der Waals surface area contributed by atoms with E-state index >= 15 is 0 Å². The molecule has 0 saturated carbocycles. The van der Waals surface area contributed by atoms with E-state index in [1.54, 1.807) is 6.92 Å². The second-order valence-electron chi connectivity index (χ2n) is 3.86. The molecule has 0 heterocycles. The lowest BCUT2D eigenvalue weighted by molar-refractivity contribution is -0.136. The van der Waals surface area contributed by atoms with Crippen molar-refractivity contribution in [2.24, 2.45) is 0 Å². The van der Waals surface area contributed by atoms with Crippen molar-refractivity contribution in [1.82, 2.24) is 0 Å². The van der Waals surface area contributed by atoms with Crippen LogP contribution in [0.4, 0.5) is 0 Å². The van der Waals surface area contributed by atoms with Gasteiger partial charge in [-0.3, -0.25) is 4.79 Å². The van der Waals surface area contributed by atoms with Crippen LogP contribution in [0.2, 0.25) is 0 Å². The summed E-state index contributed by atoms with van der Waals surface area (Å²) in [6.45, 7) is 1.81. The summed E-state index contributed by atoms with van der Waals surface area (Å²) in [5.74, 6) is 3.72. The van der Waals surface area contributed by atoms with Crippen LogP contribution in [0.15, 0.2) is 11.5 Å². The third kappa shape index (κ3) is 3.48. The van der Waals surface area contributed by atoms with Crippen LogP contribution in [0.3, 0.4) is 0 Å². The fourth-order valence-electron chi connectivity index (χ4n) is 1.63. The fraction of sp³-hybridized carbons (Fsp3) is 0.538. The number of Topliss-reactive ketones (excluding diaryl/α,β-unsaturated/α-hetero) is 1. The minimum atomic E-state index is -1.94. The Balaban J connectivity index is 2.97. The molecule has 0 aromatic heterocycles. The molecule has 1 N–H and O–H groups in total. The van der Waals surface area contributed by atoms with Gasteiger partial charge < -0.3 is 19.3 Å². The molecule has 0 fully saturated rings. The van der Waals surface area contributed by atoms with E-state index in [9.17, 15) is 14.7 Å². The van der Waals surface area contributed by atoms with Crippen molar-refractivity contribution in [3.63, 3.8) is 0 Å². The third-order valence-corrected chi connectivity index (χ3v) is 2.65. The second-order valence-corrected chi connectivity index (χ2v) is 3.86. The predicted octanol–water partition coefficient (Wildman–Crippen LogP) is 0.151. The highest BCUT2D eigenvalue weighted by Crippen LogP contribution is 2.30. The molecule has 0 bridgehead atoms. The Morgan fingerprint density at radius 1 is 1.37 bits per heavy atom. The fourth-order valence-corrected chi connectivity index (χ4v) is 1.63. The number of carbonyl (C=O) groups is 2. The van der Waals surface area contributed by atoms with E-state index < -0.39 is 17.4 Å². The lowest BCUT2D eigenvalue weighted by Gasteiger charge is -2.27. The van der Waals surface area contributed by atoms with Crippen LogP contribution < -0.4 is 0 Å². The summed E-state index contributed by atoms with van der Waals surface area (Å²) < 4.78 is 14.7. The molecule has 1 aliphatic carbocycles. The van der Waals surface area contributed by atoms with Gasteiger partial charge in [-0.25, -0.2) is 4.79 Å². The summed E-state index contributed by atoms with van der Waals surface area (Å²) in [4.78, 5) is 23.0. The minimum Gasteiger partial charge on any atom is -0.497 e. The molecule has 6 heteroatoms. The highest BCUT2D eigenvalue weighted by Gasteiger charge is 2.41. The lowest BCUT2D eigenvalue weighted by atomic mass is 9.86. The molecule has 104 valence electrons. The molecule has 19 heavy (non-hydrogen) atoms. The van der Waals surface area contributed by atoms with Crippen LogP contribution >= 0.6 is 0 Å². The molecule has 0 amide bonds. The quantitative estimate of drug-likeness (QED) is 0.446. The van der Waals surface area contributed by atoms with Gasteiger partial charge in [-0.05, 0) is 12.8 Å². The number of ketones is 1. The molecular weight excluding hydrogens is 252 g/mol. The maximum absolute atomic E-state index is 11.8. The van der Waals surface area contributed by atoms with E-state index in [0.29, 0.717) is 11.5 Å². The lowest BCUT2D eigenvalue weighted by Crippen LogP contribution is -2.41. The Bertz CT molecular complexity index is 467. The topological polar surface area (TPSA) is 82.1 Å². The van der Waals surface area contributed by atoms with Gasteiger partial charge in [0, 0.05) is 5.92 Å². The first kappa shape index (κ1) is 15.1. The standard InChI is InChI=1S/C13H16O6/c1-4-19-12(15)5-6-13(16)8-10(18-3)9(17-2)7-11(13)14/h16H,4,7-8H2,1-3H3. The molecule has 0 aliphatic heterocycles. The Labute approximate surface area is 111 Å². The first-order chi connectivity index (χ1) is 8.96. The molecule has 0 spiro atoms. The summed E-state index contributed by atoms with van der Waals surface area (Å²) in [5, 5.41) is 10.2. The molecular formula is C13H16O6. The smallest absolute Gasteiger partial charge is 0.384 e. The van der Waals surface area contributed by atoms with Crippen LogP contribution in [-0.4, -0.2) is 43.3 Å². The number of ether oxygens (including phenoxy) is 3. The van der Waals surface area contributed by atoms with E-state index in [1.807, 2.05) is 0 Å². The number of carbonyl (C=O) groups excluding carboxylic acids is 2.